The van der Waals surface area contributed by atoms with Gasteiger partial charge in [0.05, 0.1) is 0 Å². The van der Waals surface area contributed by atoms with Gasteiger partial charge in [-0.15, -0.1) is 0 Å². The zero-order valence-electron chi connectivity index (χ0n) is 31.4. The highest BCUT2D eigenvalue weighted by molar-refractivity contribution is 6.21. The van der Waals surface area contributed by atoms with Crippen LogP contribution in [0, 0.1) is 0 Å². The van der Waals surface area contributed by atoms with Crippen molar-refractivity contribution in [1.82, 2.24) is 0 Å². The summed E-state index contributed by atoms with van der Waals surface area (Å²) in [6.07, 6.45) is 2.16. The fraction of sp³-hybridized carbons (Fsp3) is 0.0909. The first-order valence-electron chi connectivity index (χ1n) is 19.7. The Morgan fingerprint density at radius 1 is 0.291 bits per heavy atom. The summed E-state index contributed by atoms with van der Waals surface area (Å²) in [4.78, 5) is 0. The van der Waals surface area contributed by atoms with Crippen LogP contribution in [0.2, 0.25) is 0 Å². The van der Waals surface area contributed by atoms with Gasteiger partial charge in [0.25, 0.3) is 0 Å². The monoisotopic (exact) mass is 702 g/mol. The van der Waals surface area contributed by atoms with Gasteiger partial charge in [0.15, 0.2) is 0 Å². The second kappa shape index (κ2) is 13.4. The molecule has 1 aliphatic carbocycles. The van der Waals surface area contributed by atoms with E-state index in [1.807, 2.05) is 0 Å². The molecule has 0 unspecified atom stereocenters. The average molecular weight is 703 g/mol. The molecule has 0 nitrogen and oxygen atoms in total. The van der Waals surface area contributed by atoms with E-state index in [1.54, 1.807) is 0 Å². The highest BCUT2D eigenvalue weighted by atomic mass is 14.4. The topological polar surface area (TPSA) is 0 Å². The lowest BCUT2D eigenvalue weighted by Gasteiger charge is -2.30. The van der Waals surface area contributed by atoms with Gasteiger partial charge in [0.1, 0.15) is 0 Å². The van der Waals surface area contributed by atoms with Crippen molar-refractivity contribution in [2.24, 2.45) is 0 Å². The van der Waals surface area contributed by atoms with Gasteiger partial charge in [0, 0.05) is 5.41 Å². The van der Waals surface area contributed by atoms with E-state index in [0.29, 0.717) is 0 Å². The van der Waals surface area contributed by atoms with Crippen molar-refractivity contribution in [3.63, 3.8) is 0 Å². The van der Waals surface area contributed by atoms with Crippen molar-refractivity contribution < 1.29 is 0 Å². The van der Waals surface area contributed by atoms with Crippen LogP contribution in [0.4, 0.5) is 0 Å². The molecule has 262 valence electrons. The predicted octanol–water partition coefficient (Wildman–Crippen LogP) is 15.4. The van der Waals surface area contributed by atoms with Gasteiger partial charge in [-0.25, -0.2) is 0 Å². The second-order valence-corrected chi connectivity index (χ2v) is 15.0. The summed E-state index contributed by atoms with van der Waals surface area (Å²) in [5.74, 6) is 0. The average Bonchev–Trinajstić information content (AvgIpc) is 3.55. The maximum Gasteiger partial charge on any atom is 0.0210 e. The molecule has 1 aliphatic rings. The smallest absolute Gasteiger partial charge is 0.0210 e. The molecule has 0 radical (unpaired) electrons. The summed E-state index contributed by atoms with van der Waals surface area (Å²) in [6, 6.07) is 72.1. The minimum atomic E-state index is 0.0255. The zero-order chi connectivity index (χ0) is 36.9. The quantitative estimate of drug-likeness (QED) is 0.145. The van der Waals surface area contributed by atoms with Crippen molar-refractivity contribution in [2.75, 3.05) is 0 Å². The Kier molecular flexibility index (Phi) is 8.07. The molecular formula is C55H42. The lowest BCUT2D eigenvalue weighted by Crippen LogP contribution is -2.23. The van der Waals surface area contributed by atoms with E-state index in [9.17, 15) is 0 Å². The molecule has 0 aliphatic heterocycles. The number of hydrogen-bond donors (Lipinski definition) is 0. The molecule has 10 rings (SSSR count). The fourth-order valence-corrected chi connectivity index (χ4v) is 9.59. The van der Waals surface area contributed by atoms with Gasteiger partial charge >= 0.3 is 0 Å². The molecule has 0 amide bonds. The van der Waals surface area contributed by atoms with E-state index in [2.05, 4.69) is 208 Å². The molecule has 0 bridgehead atoms. The van der Waals surface area contributed by atoms with E-state index in [4.69, 9.17) is 0 Å². The Bertz CT molecular complexity index is 2740. The molecule has 0 saturated carbocycles. The Morgan fingerprint density at radius 2 is 0.673 bits per heavy atom. The number of rotatable bonds is 7. The van der Waals surface area contributed by atoms with Crippen LogP contribution < -0.4 is 0 Å². The molecule has 0 N–H and O–H groups in total. The molecule has 0 aromatic heterocycles. The van der Waals surface area contributed by atoms with E-state index in [0.717, 1.165) is 12.8 Å². The molecule has 0 fully saturated rings. The third-order valence-electron chi connectivity index (χ3n) is 12.3. The van der Waals surface area contributed by atoms with Crippen molar-refractivity contribution in [3.05, 3.63) is 205 Å². The lowest BCUT2D eigenvalue weighted by atomic mass is 9.73. The molecule has 0 heteroatoms. The van der Waals surface area contributed by atoms with Gasteiger partial charge in [-0.1, -0.05) is 184 Å². The van der Waals surface area contributed by atoms with Gasteiger partial charge in [-0.3, -0.25) is 0 Å². The normalized spacial score (nSPS) is 12.8. The Hall–Kier alpha value is -6.50. The highest BCUT2D eigenvalue weighted by Crippen LogP contribution is 2.54. The largest absolute Gasteiger partial charge is 0.0642 e. The molecule has 9 aromatic carbocycles. The number of hydrogen-bond acceptors (Lipinski definition) is 0. The summed E-state index contributed by atoms with van der Waals surface area (Å²) in [5, 5.41) is 5.14. The Labute approximate surface area is 324 Å². The van der Waals surface area contributed by atoms with E-state index in [-0.39, 0.29) is 5.41 Å². The molecule has 0 saturated heterocycles. The van der Waals surface area contributed by atoms with Crippen LogP contribution in [0.3, 0.4) is 0 Å². The number of fused-ring (bicyclic) bond motifs is 5. The summed E-state index contributed by atoms with van der Waals surface area (Å²) >= 11 is 0. The van der Waals surface area contributed by atoms with Gasteiger partial charge < -0.3 is 0 Å². The maximum atomic E-state index is 2.53. The van der Waals surface area contributed by atoms with Crippen molar-refractivity contribution >= 4 is 21.5 Å². The molecule has 9 aromatic rings. The van der Waals surface area contributed by atoms with E-state index in [1.165, 1.54) is 99.4 Å². The lowest BCUT2D eigenvalue weighted by molar-refractivity contribution is 0.490. The second-order valence-electron chi connectivity index (χ2n) is 15.0. The zero-order valence-corrected chi connectivity index (χ0v) is 31.4. The van der Waals surface area contributed by atoms with Crippen molar-refractivity contribution in [2.45, 2.75) is 32.1 Å². The highest BCUT2D eigenvalue weighted by Gasteiger charge is 2.40. The van der Waals surface area contributed by atoms with Crippen LogP contribution in [0.15, 0.2) is 194 Å². The molecule has 0 heterocycles. The third kappa shape index (κ3) is 5.36. The molecule has 0 spiro atoms. The van der Waals surface area contributed by atoms with Crippen LogP contribution in [0.25, 0.3) is 88.3 Å². The maximum absolute atomic E-state index is 2.53. The number of benzene rings is 9. The van der Waals surface area contributed by atoms with Gasteiger partial charge in [-0.2, -0.15) is 0 Å². The van der Waals surface area contributed by atoms with Gasteiger partial charge in [-0.05, 0) is 137 Å². The summed E-state index contributed by atoms with van der Waals surface area (Å²) in [7, 11) is 0. The summed E-state index contributed by atoms with van der Waals surface area (Å²) < 4.78 is 0. The first-order chi connectivity index (χ1) is 27.2. The van der Waals surface area contributed by atoms with Crippen LogP contribution in [-0.4, -0.2) is 0 Å². The molecule has 0 atom stereocenters. The van der Waals surface area contributed by atoms with Crippen LogP contribution in [-0.2, 0) is 5.41 Å². The first-order valence-corrected chi connectivity index (χ1v) is 19.7. The summed E-state index contributed by atoms with van der Waals surface area (Å²) in [5.41, 5.74) is 18.2. The minimum absolute atomic E-state index is 0.0255. The van der Waals surface area contributed by atoms with Crippen LogP contribution in [0.1, 0.15) is 37.8 Å². The summed E-state index contributed by atoms with van der Waals surface area (Å²) in [6.45, 7) is 4.71. The first kappa shape index (κ1) is 33.1. The van der Waals surface area contributed by atoms with Crippen molar-refractivity contribution in [3.8, 4) is 66.8 Å². The SMILES string of the molecule is CCC1(CC)c2ccccc2-c2ccc(-c3c4ccccc4c(-c4ccc(-c5cc(-c6ccccc6)cc(-c6ccccc6)c5)cc4)c4ccccc34)cc21. The third-order valence-corrected chi connectivity index (χ3v) is 12.3. The minimum Gasteiger partial charge on any atom is -0.0642 e. The molecule has 55 heavy (non-hydrogen) atoms. The standard InChI is InChI=1S/C55H42/c1-3-55(4-2)51-26-16-15-21-45(51)46-32-31-41(36-52(46)55)54-49-24-13-11-22-47(49)53(48-23-12-14-25-50(48)54)40-29-27-39(28-30-40)44-34-42(37-17-7-5-8-18-37)33-43(35-44)38-19-9-6-10-20-38/h5-36H,3-4H2,1-2H3. The Morgan fingerprint density at radius 3 is 1.18 bits per heavy atom. The predicted molar refractivity (Wildman–Crippen MR) is 235 cm³/mol. The van der Waals surface area contributed by atoms with Crippen LogP contribution in [0.5, 0.6) is 0 Å². The molecular weight excluding hydrogens is 661 g/mol. The van der Waals surface area contributed by atoms with E-state index < -0.39 is 0 Å². The fourth-order valence-electron chi connectivity index (χ4n) is 9.59. The van der Waals surface area contributed by atoms with Crippen molar-refractivity contribution in [1.29, 1.82) is 0 Å². The van der Waals surface area contributed by atoms with Crippen LogP contribution >= 0.6 is 0 Å². The Balaban J connectivity index is 1.13. The van der Waals surface area contributed by atoms with Gasteiger partial charge in [0.2, 0.25) is 0 Å². The van der Waals surface area contributed by atoms with E-state index >= 15 is 0 Å².